The predicted molar refractivity (Wildman–Crippen MR) is 183 cm³/mol. The summed E-state index contributed by atoms with van der Waals surface area (Å²) in [6.07, 6.45) is 3.52. The molecule has 45 heavy (non-hydrogen) atoms. The Balaban J connectivity index is 3.40. The first kappa shape index (κ1) is 40.8. The molecule has 1 rings (SSSR count). The van der Waals surface area contributed by atoms with Gasteiger partial charge in [0.25, 0.3) is 5.79 Å². The van der Waals surface area contributed by atoms with Gasteiger partial charge in [0, 0.05) is 25.7 Å². The van der Waals surface area contributed by atoms with Crippen LogP contribution in [0.25, 0.3) is 0 Å². The zero-order valence-corrected chi connectivity index (χ0v) is 29.8. The number of ketones is 1. The van der Waals surface area contributed by atoms with Gasteiger partial charge in [0.05, 0.1) is 37.4 Å². The molecular weight excluding hydrogens is 595 g/mol. The van der Waals surface area contributed by atoms with Gasteiger partial charge in [0.2, 0.25) is 0 Å². The van der Waals surface area contributed by atoms with Gasteiger partial charge in [0.15, 0.2) is 13.0 Å². The maximum Gasteiger partial charge on any atom is 0.323 e. The lowest BCUT2D eigenvalue weighted by molar-refractivity contribution is -0.237. The van der Waals surface area contributed by atoms with Gasteiger partial charge in [-0.15, -0.1) is 5.10 Å². The van der Waals surface area contributed by atoms with Crippen LogP contribution in [0.1, 0.15) is 59.1 Å². The van der Waals surface area contributed by atoms with Crippen molar-refractivity contribution in [3.8, 4) is 0 Å². The number of esters is 2. The van der Waals surface area contributed by atoms with Crippen molar-refractivity contribution in [2.24, 2.45) is 5.92 Å². The van der Waals surface area contributed by atoms with Gasteiger partial charge < -0.3 is 24.5 Å². The molecule has 0 amide bonds. The number of likely N-dealkylation sites (N-methyl/N-ethyl adjacent to an activating group) is 3. The van der Waals surface area contributed by atoms with E-state index in [1.165, 1.54) is 0 Å². The Morgan fingerprint density at radius 1 is 1.00 bits per heavy atom. The van der Waals surface area contributed by atoms with Crippen molar-refractivity contribution in [3.05, 3.63) is 11.9 Å². The quantitative estimate of drug-likeness (QED) is 0.0621. The van der Waals surface area contributed by atoms with E-state index in [2.05, 4.69) is 29.6 Å². The first-order valence-corrected chi connectivity index (χ1v) is 17.0. The number of hydrogen-bond donors (Lipinski definition) is 1. The van der Waals surface area contributed by atoms with Gasteiger partial charge in [-0.25, -0.2) is 0 Å². The molecule has 1 aromatic heterocycles. The topological polar surface area (TPSA) is 139 Å². The number of hydrogen-bond acceptors (Lipinski definition) is 12. The summed E-state index contributed by atoms with van der Waals surface area (Å²) < 4.78 is 13.8. The molecule has 0 aromatic carbocycles. The Kier molecular flexibility index (Phi) is 20.3. The highest BCUT2D eigenvalue weighted by Gasteiger charge is 2.43. The molecule has 0 fully saturated rings. The van der Waals surface area contributed by atoms with E-state index in [9.17, 15) is 19.2 Å². The van der Waals surface area contributed by atoms with Crippen LogP contribution in [0.15, 0.2) is 6.20 Å². The first-order chi connectivity index (χ1) is 21.4. The lowest BCUT2D eigenvalue weighted by Crippen LogP contribution is -2.49. The monoisotopic (exact) mass is 651 g/mol. The Bertz CT molecular complexity index is 1020. The summed E-state index contributed by atoms with van der Waals surface area (Å²) >= 11 is 0. The van der Waals surface area contributed by atoms with E-state index in [1.807, 2.05) is 40.9 Å². The van der Waals surface area contributed by atoms with Gasteiger partial charge in [-0.1, -0.05) is 32.9 Å². The molecule has 16 heteroatoms. The zero-order valence-electron chi connectivity index (χ0n) is 28.7. The Morgan fingerprint density at radius 2 is 1.60 bits per heavy atom. The van der Waals surface area contributed by atoms with Gasteiger partial charge in [-0.05, 0) is 72.5 Å². The molecule has 0 aliphatic rings. The fourth-order valence-electron chi connectivity index (χ4n) is 4.78. The highest BCUT2D eigenvalue weighted by Crippen LogP contribution is 2.30. The van der Waals surface area contributed by atoms with Crippen molar-refractivity contribution in [2.75, 3.05) is 73.5 Å². The number of nitrogens with one attached hydrogen (secondary N) is 1. The Hall–Kier alpha value is -2.18. The fraction of sp³-hybridized carbons (Fsp3) is 0.793. The number of aromatic nitrogens is 3. The normalized spacial score (nSPS) is 12.4. The Morgan fingerprint density at radius 3 is 2.13 bits per heavy atom. The summed E-state index contributed by atoms with van der Waals surface area (Å²) in [6, 6.07) is 0. The van der Waals surface area contributed by atoms with Gasteiger partial charge >= 0.3 is 11.9 Å². The molecule has 0 saturated heterocycles. The smallest absolute Gasteiger partial charge is 0.323 e. The minimum Gasteiger partial charge on any atom is -0.421 e. The maximum absolute atomic E-state index is 13.2. The number of ether oxygens (including phenoxy) is 2. The van der Waals surface area contributed by atoms with E-state index in [-0.39, 0.29) is 49.9 Å². The average Bonchev–Trinajstić information content (AvgIpc) is 3.42. The van der Waals surface area contributed by atoms with E-state index in [4.69, 9.17) is 9.47 Å². The summed E-state index contributed by atoms with van der Waals surface area (Å²) in [7, 11) is 8.70. The summed E-state index contributed by atoms with van der Waals surface area (Å²) in [4.78, 5) is 57.3. The van der Waals surface area contributed by atoms with Crippen LogP contribution < -0.4 is 5.32 Å². The van der Waals surface area contributed by atoms with E-state index >= 15 is 0 Å². The summed E-state index contributed by atoms with van der Waals surface area (Å²) in [5.74, 6) is -3.41. The SMILES string of the molecule is CCNCC(=O)CC(CC(CN(C)CC)Cn1cc(CCCC(=O)BBP)nn1)(OC(=O)CN(C)CC)OC(=O)CN(C)CC. The molecule has 0 spiro atoms. The average molecular weight is 651 g/mol. The number of carbonyl (C=O) groups excluding carboxylic acids is 4. The minimum atomic E-state index is -1.80. The summed E-state index contributed by atoms with van der Waals surface area (Å²) in [5.41, 5.74) is 1.02. The molecule has 1 heterocycles. The third-order valence-corrected chi connectivity index (χ3v) is 7.86. The van der Waals surface area contributed by atoms with Crippen LogP contribution in [0.3, 0.4) is 0 Å². The van der Waals surface area contributed by atoms with E-state index in [1.54, 1.807) is 28.6 Å². The standard InChI is InChI=1S/C29H56B2N7O6P/c1-8-32-17-25(39)16-29(43-27(41)21-36(6)10-3,44-28(42)22-37(7)11-4)15-23(18-35(5)9-2)19-38-20-24(33-34-38)13-12-14-26(40)30-31-45/h20,23,30-32H,8-19,21-22,45H2,1-7H3. The van der Waals surface area contributed by atoms with E-state index in [0.717, 1.165) is 19.1 Å². The molecule has 1 N–H and O–H groups in total. The molecule has 2 unspecified atom stereocenters. The summed E-state index contributed by atoms with van der Waals surface area (Å²) in [6.45, 7) is 12.1. The lowest BCUT2D eigenvalue weighted by Gasteiger charge is -2.37. The second kappa shape index (κ2) is 22.4. The minimum absolute atomic E-state index is 0.0162. The van der Waals surface area contributed by atoms with Crippen molar-refractivity contribution < 1.29 is 28.7 Å². The largest absolute Gasteiger partial charge is 0.421 e. The van der Waals surface area contributed by atoms with E-state index in [0.29, 0.717) is 59.2 Å². The predicted octanol–water partition coefficient (Wildman–Crippen LogP) is -0.0817. The second-order valence-corrected chi connectivity index (χ2v) is 12.4. The third kappa shape index (κ3) is 17.4. The molecule has 254 valence electrons. The zero-order chi connectivity index (χ0) is 33.8. The van der Waals surface area contributed by atoms with Crippen LogP contribution in [0.4, 0.5) is 0 Å². The lowest BCUT2D eigenvalue weighted by atomic mass is 9.50. The number of Topliss-reactive ketones (excluding diaryl/α,β-unsaturated/α-hetero) is 1. The molecule has 0 bridgehead atoms. The summed E-state index contributed by atoms with van der Waals surface area (Å²) in [5, 5.41) is 11.7. The molecular formula is C29H56B2N7O6P. The number of aryl methyl sites for hydroxylation is 1. The van der Waals surface area contributed by atoms with Crippen LogP contribution in [-0.4, -0.2) is 146 Å². The van der Waals surface area contributed by atoms with Crippen LogP contribution in [0.5, 0.6) is 0 Å². The number of carbonyl (C=O) groups is 4. The number of nitrogens with zero attached hydrogens (tertiary/aromatic N) is 6. The van der Waals surface area contributed by atoms with Gasteiger partial charge in [0.1, 0.15) is 6.89 Å². The first-order valence-electron chi connectivity index (χ1n) is 16.2. The van der Waals surface area contributed by atoms with Gasteiger partial charge in [-0.2, -0.15) is 9.12 Å². The molecule has 1 aromatic rings. The molecule has 13 nitrogen and oxygen atoms in total. The third-order valence-electron chi connectivity index (χ3n) is 7.57. The number of rotatable bonds is 26. The van der Waals surface area contributed by atoms with Gasteiger partial charge in [-0.3, -0.25) is 28.9 Å². The van der Waals surface area contributed by atoms with Crippen molar-refractivity contribution >= 4 is 46.6 Å². The van der Waals surface area contributed by atoms with Crippen molar-refractivity contribution in [1.29, 1.82) is 0 Å². The molecule has 0 saturated carbocycles. The fourth-order valence-corrected chi connectivity index (χ4v) is 5.10. The molecule has 2 atom stereocenters. The molecule has 0 radical (unpaired) electrons. The van der Waals surface area contributed by atoms with Crippen LogP contribution in [0.2, 0.25) is 0 Å². The highest BCUT2D eigenvalue weighted by molar-refractivity contribution is 7.70. The molecule has 0 aliphatic heterocycles. The van der Waals surface area contributed by atoms with Crippen LogP contribution in [-0.2, 0) is 41.6 Å². The molecule has 0 aliphatic carbocycles. The maximum atomic E-state index is 13.2. The van der Waals surface area contributed by atoms with Crippen molar-refractivity contribution in [2.45, 2.75) is 72.1 Å². The second-order valence-electron chi connectivity index (χ2n) is 11.8. The Labute approximate surface area is 273 Å². The van der Waals surface area contributed by atoms with Crippen LogP contribution >= 0.6 is 9.12 Å². The van der Waals surface area contributed by atoms with Crippen LogP contribution in [0, 0.1) is 5.92 Å². The van der Waals surface area contributed by atoms with Crippen molar-refractivity contribution in [3.63, 3.8) is 0 Å². The highest BCUT2D eigenvalue weighted by atomic mass is 31.0. The van der Waals surface area contributed by atoms with E-state index < -0.39 is 17.7 Å². The van der Waals surface area contributed by atoms with Crippen molar-refractivity contribution in [1.82, 2.24) is 35.0 Å².